The highest BCUT2D eigenvalue weighted by atomic mass is 16.7. The Balaban J connectivity index is 0. The van der Waals surface area contributed by atoms with Gasteiger partial charge in [0.15, 0.2) is 6.79 Å². The molecule has 0 aromatic heterocycles. The molecule has 3 N–H and O–H groups in total. The van der Waals surface area contributed by atoms with E-state index in [2.05, 4.69) is 41.1 Å². The Morgan fingerprint density at radius 2 is 1.86 bits per heavy atom. The third kappa shape index (κ3) is 23.1. The fourth-order valence-corrected chi connectivity index (χ4v) is 4.73. The molecule has 1 saturated heterocycles. The van der Waals surface area contributed by atoms with E-state index < -0.39 is 6.79 Å². The number of aldehydes is 1. The molecule has 0 spiro atoms. The van der Waals surface area contributed by atoms with Crippen molar-refractivity contribution in [2.24, 2.45) is 4.99 Å². The number of nitrogens with one attached hydrogen (secondary N) is 2. The van der Waals surface area contributed by atoms with Crippen molar-refractivity contribution in [3.8, 4) is 6.07 Å². The Kier molecular flexibility index (Phi) is 29.5. The van der Waals surface area contributed by atoms with E-state index in [1.165, 1.54) is 0 Å². The minimum Gasteiger partial charge on any atom is -0.382 e. The van der Waals surface area contributed by atoms with Crippen LogP contribution in [0.1, 0.15) is 87.2 Å². The number of carbonyl (C=O) groups excluding carboxylic acids is 2. The average molecular weight is 710 g/mol. The number of hydroxylamine groups is 1. The van der Waals surface area contributed by atoms with Gasteiger partial charge in [-0.15, -0.1) is 0 Å². The van der Waals surface area contributed by atoms with Crippen molar-refractivity contribution in [1.29, 1.82) is 5.26 Å². The van der Waals surface area contributed by atoms with Gasteiger partial charge in [0.25, 0.3) is 0 Å². The molecule has 1 heterocycles. The Bertz CT molecular complexity index is 1260. The second-order valence-corrected chi connectivity index (χ2v) is 12.7. The quantitative estimate of drug-likeness (QED) is 0.0389. The summed E-state index contributed by atoms with van der Waals surface area (Å²) in [7, 11) is 11.6. The summed E-state index contributed by atoms with van der Waals surface area (Å²) in [6.45, 7) is 15.3. The number of aliphatic hydroxyl groups excluding tert-OH is 1. The SMILES string of the molecule is C/C=C/CCc1cc(C=O)ccc1C(C[C@@H](C)NCC(=O)N1CCCCC1C#N)C(=NC)NOCO.C=C(C)N(C)C.C=C/C=C\C.CN(C)C. The number of aliphatic imine (C=N–C) groups is 1. The molecule has 0 saturated carbocycles. The summed E-state index contributed by atoms with van der Waals surface area (Å²) in [5.74, 6) is 0.233. The number of hydrogen-bond donors (Lipinski definition) is 3. The normalized spacial score (nSPS) is 15.2. The summed E-state index contributed by atoms with van der Waals surface area (Å²) in [5, 5.41) is 21.9. The van der Waals surface area contributed by atoms with Crippen LogP contribution in [0.15, 0.2) is 72.4 Å². The van der Waals surface area contributed by atoms with Gasteiger partial charge in [0.2, 0.25) is 5.91 Å². The zero-order valence-corrected chi connectivity index (χ0v) is 33.1. The highest BCUT2D eigenvalue weighted by Gasteiger charge is 2.28. The number of nitriles is 1. The first-order chi connectivity index (χ1) is 24.3. The standard InChI is InChI=1S/C27H39N5O4.C5H11N.C5H8.C3H9N/c1-4-5-6-9-22-15-21(18-33)11-12-24(22)25(27(29-3)31-36-19-34)14-20(2)30-17-26(35)32-13-8-7-10-23(32)16-28;1-5(2)6(3)4;1-3-5-4-2;1-4(2)3/h4-5,11-12,15,18,20,23,25,30,34H,6-10,13-14,17,19H2,1-3H3,(H,29,31);1H2,2-4H3;3-5H,1H2,2H3;1-3H3/b5-4+;;5-4-;/t20-,23?,25?;;;/m1.../s1. The Labute approximate surface area is 309 Å². The van der Waals surface area contributed by atoms with Crippen molar-refractivity contribution in [1.82, 2.24) is 25.5 Å². The zero-order valence-electron chi connectivity index (χ0n) is 33.1. The lowest BCUT2D eigenvalue weighted by Gasteiger charge is -2.32. The predicted molar refractivity (Wildman–Crippen MR) is 213 cm³/mol. The van der Waals surface area contributed by atoms with Gasteiger partial charge in [-0.25, -0.2) is 4.84 Å². The van der Waals surface area contributed by atoms with Crippen LogP contribution in [-0.2, 0) is 16.1 Å². The Hall–Kier alpha value is -4.08. The number of allylic oxidation sites excluding steroid dienone is 6. The second-order valence-electron chi connectivity index (χ2n) is 12.7. The molecule has 1 aliphatic rings. The van der Waals surface area contributed by atoms with Crippen molar-refractivity contribution in [2.45, 2.75) is 84.2 Å². The highest BCUT2D eigenvalue weighted by Crippen LogP contribution is 2.28. The zero-order chi connectivity index (χ0) is 39.2. The molecular weight excluding hydrogens is 642 g/mol. The van der Waals surface area contributed by atoms with Crippen LogP contribution < -0.4 is 10.8 Å². The number of rotatable bonds is 15. The van der Waals surface area contributed by atoms with Crippen molar-refractivity contribution >= 4 is 18.0 Å². The van der Waals surface area contributed by atoms with E-state index in [0.29, 0.717) is 24.4 Å². The van der Waals surface area contributed by atoms with Crippen molar-refractivity contribution in [3.05, 3.63) is 84.1 Å². The third-order valence-electron chi connectivity index (χ3n) is 7.56. The molecule has 1 aromatic carbocycles. The van der Waals surface area contributed by atoms with E-state index in [0.717, 1.165) is 55.2 Å². The number of carbonyl (C=O) groups is 2. The van der Waals surface area contributed by atoms with Crippen LogP contribution in [-0.4, -0.2) is 112 Å². The lowest BCUT2D eigenvalue weighted by Crippen LogP contribution is -2.48. The number of piperidine rings is 1. The molecule has 11 nitrogen and oxygen atoms in total. The summed E-state index contributed by atoms with van der Waals surface area (Å²) >= 11 is 0. The lowest BCUT2D eigenvalue weighted by molar-refractivity contribution is -0.132. The maximum absolute atomic E-state index is 12.8. The van der Waals surface area contributed by atoms with Crippen LogP contribution >= 0.6 is 0 Å². The molecule has 11 heteroatoms. The number of aryl methyl sites for hydroxylation is 1. The number of amides is 1. The van der Waals surface area contributed by atoms with E-state index in [9.17, 15) is 14.9 Å². The molecule has 1 amide bonds. The van der Waals surface area contributed by atoms with Crippen LogP contribution in [0.5, 0.6) is 0 Å². The number of likely N-dealkylation sites (tertiary alicyclic amines) is 1. The minimum absolute atomic E-state index is 0.0712. The fraction of sp³-hybridized carbons (Fsp3) is 0.550. The predicted octanol–water partition coefficient (Wildman–Crippen LogP) is 5.87. The van der Waals surface area contributed by atoms with Gasteiger partial charge in [-0.05, 0) is 105 Å². The molecule has 1 aliphatic heterocycles. The maximum atomic E-state index is 12.8. The smallest absolute Gasteiger partial charge is 0.237 e. The van der Waals surface area contributed by atoms with E-state index in [1.54, 1.807) is 24.1 Å². The number of hydrogen-bond acceptors (Lipinski definition) is 9. The fourth-order valence-electron chi connectivity index (χ4n) is 4.73. The second kappa shape index (κ2) is 30.7. The highest BCUT2D eigenvalue weighted by molar-refractivity contribution is 5.89. The van der Waals surface area contributed by atoms with Crippen LogP contribution in [0, 0.1) is 11.3 Å². The van der Waals surface area contributed by atoms with Crippen LogP contribution in [0.2, 0.25) is 0 Å². The summed E-state index contributed by atoms with van der Waals surface area (Å²) in [4.78, 5) is 39.3. The topological polar surface area (TPSA) is 134 Å². The van der Waals surface area contributed by atoms with Gasteiger partial charge >= 0.3 is 0 Å². The number of aliphatic hydroxyl groups is 1. The van der Waals surface area contributed by atoms with Gasteiger partial charge in [0, 0.05) is 50.9 Å². The van der Waals surface area contributed by atoms with Gasteiger partial charge in [-0.1, -0.05) is 55.7 Å². The van der Waals surface area contributed by atoms with Gasteiger partial charge in [0.1, 0.15) is 18.2 Å². The molecule has 2 rings (SSSR count). The molecule has 0 radical (unpaired) electrons. The molecule has 1 aromatic rings. The lowest BCUT2D eigenvalue weighted by atomic mass is 9.86. The number of benzene rings is 1. The first-order valence-electron chi connectivity index (χ1n) is 17.5. The van der Waals surface area contributed by atoms with Crippen LogP contribution in [0.25, 0.3) is 0 Å². The summed E-state index contributed by atoms with van der Waals surface area (Å²) in [6.07, 6.45) is 15.3. The van der Waals surface area contributed by atoms with E-state index in [1.807, 2.05) is 103 Å². The molecule has 2 unspecified atom stereocenters. The van der Waals surface area contributed by atoms with Gasteiger partial charge < -0.3 is 25.1 Å². The van der Waals surface area contributed by atoms with Crippen LogP contribution in [0.4, 0.5) is 0 Å². The van der Waals surface area contributed by atoms with E-state index in [4.69, 9.17) is 9.94 Å². The molecule has 286 valence electrons. The van der Waals surface area contributed by atoms with Crippen molar-refractivity contribution in [2.75, 3.05) is 62.2 Å². The largest absolute Gasteiger partial charge is 0.382 e. The van der Waals surface area contributed by atoms with Crippen molar-refractivity contribution in [3.63, 3.8) is 0 Å². The number of nitrogens with zero attached hydrogens (tertiary/aromatic N) is 5. The van der Waals surface area contributed by atoms with Gasteiger partial charge in [0.05, 0.1) is 12.6 Å². The molecule has 0 bridgehead atoms. The Morgan fingerprint density at radius 1 is 1.22 bits per heavy atom. The summed E-state index contributed by atoms with van der Waals surface area (Å²) in [6, 6.07) is 7.44. The molecule has 1 fully saturated rings. The summed E-state index contributed by atoms with van der Waals surface area (Å²) in [5.41, 5.74) is 6.48. The minimum atomic E-state index is -0.512. The summed E-state index contributed by atoms with van der Waals surface area (Å²) < 4.78 is 0. The van der Waals surface area contributed by atoms with Gasteiger partial charge in [-0.2, -0.15) is 5.26 Å². The molecule has 0 aliphatic carbocycles. The van der Waals surface area contributed by atoms with Crippen molar-refractivity contribution < 1.29 is 19.5 Å². The molecule has 51 heavy (non-hydrogen) atoms. The Morgan fingerprint density at radius 3 is 2.33 bits per heavy atom. The molecular formula is C40H67N7O4. The van der Waals surface area contributed by atoms with Crippen LogP contribution in [0.3, 0.4) is 0 Å². The van der Waals surface area contributed by atoms with Gasteiger partial charge in [-0.3, -0.25) is 20.1 Å². The molecule has 3 atom stereocenters. The van der Waals surface area contributed by atoms with E-state index in [-0.39, 0.29) is 30.5 Å². The maximum Gasteiger partial charge on any atom is 0.237 e. The first-order valence-corrected chi connectivity index (χ1v) is 17.5. The van der Waals surface area contributed by atoms with E-state index >= 15 is 0 Å². The average Bonchev–Trinajstić information content (AvgIpc) is 3.11. The number of amidine groups is 1. The monoisotopic (exact) mass is 710 g/mol. The third-order valence-corrected chi connectivity index (χ3v) is 7.56. The first kappa shape index (κ1) is 49.0.